The van der Waals surface area contributed by atoms with E-state index in [1.165, 1.54) is 0 Å². The van der Waals surface area contributed by atoms with Crippen LogP contribution >= 0.6 is 0 Å². The second-order valence-corrected chi connectivity index (χ2v) is 4.19. The summed E-state index contributed by atoms with van der Waals surface area (Å²) in [5.74, 6) is 0.990. The number of hydrogen-bond donors (Lipinski definition) is 0. The lowest BCUT2D eigenvalue weighted by Crippen LogP contribution is -2.15. The Morgan fingerprint density at radius 3 is 2.53 bits per heavy atom. The van der Waals surface area contributed by atoms with E-state index >= 15 is 0 Å². The third kappa shape index (κ3) is 4.02. The molecule has 1 aromatic rings. The average molecular weight is 264 g/mol. The number of aryl methyl sites for hydroxylation is 1. The summed E-state index contributed by atoms with van der Waals surface area (Å²) < 4.78 is 15.6. The number of ether oxygens (including phenoxy) is 3. The first-order valence-electron chi connectivity index (χ1n) is 6.12. The lowest BCUT2D eigenvalue weighted by Gasteiger charge is -2.14. The molecule has 0 N–H and O–H groups in total. The van der Waals surface area contributed by atoms with Crippen molar-refractivity contribution in [2.45, 2.75) is 20.8 Å². The van der Waals surface area contributed by atoms with Gasteiger partial charge in [-0.25, -0.2) is 4.79 Å². The van der Waals surface area contributed by atoms with E-state index in [9.17, 15) is 4.79 Å². The highest BCUT2D eigenvalue weighted by Gasteiger charge is 2.12. The molecule has 4 heteroatoms. The summed E-state index contributed by atoms with van der Waals surface area (Å²) in [5, 5.41) is 0. The maximum atomic E-state index is 11.3. The first kappa shape index (κ1) is 15.1. The standard InChI is InChI=1S/C15H20O4/c1-6-18-15(16)9-19-14-7-11(4)13(17-5)8-12(14)10(2)3/h7-8H,2,6,9H2,1,3-5H3. The molecule has 0 amide bonds. The maximum Gasteiger partial charge on any atom is 0.344 e. The second kappa shape index (κ2) is 6.83. The fraction of sp³-hybridized carbons (Fsp3) is 0.400. The van der Waals surface area contributed by atoms with Gasteiger partial charge >= 0.3 is 5.97 Å². The number of hydrogen-bond acceptors (Lipinski definition) is 4. The van der Waals surface area contributed by atoms with E-state index in [2.05, 4.69) is 6.58 Å². The van der Waals surface area contributed by atoms with Crippen molar-refractivity contribution in [2.24, 2.45) is 0 Å². The Kier molecular flexibility index (Phi) is 5.42. The minimum atomic E-state index is -0.386. The van der Waals surface area contributed by atoms with Gasteiger partial charge in [0.25, 0.3) is 0 Å². The first-order chi connectivity index (χ1) is 8.99. The van der Waals surface area contributed by atoms with Crippen LogP contribution in [0.25, 0.3) is 5.57 Å². The third-order valence-electron chi connectivity index (χ3n) is 2.61. The Hall–Kier alpha value is -1.97. The molecule has 0 saturated carbocycles. The summed E-state index contributed by atoms with van der Waals surface area (Å²) in [6.45, 7) is 9.69. The van der Waals surface area contributed by atoms with Crippen LogP contribution in [0.5, 0.6) is 11.5 Å². The summed E-state index contributed by atoms with van der Waals surface area (Å²) >= 11 is 0. The molecule has 0 aliphatic heterocycles. The van der Waals surface area contributed by atoms with Gasteiger partial charge in [-0.1, -0.05) is 6.58 Å². The van der Waals surface area contributed by atoms with Crippen molar-refractivity contribution < 1.29 is 19.0 Å². The zero-order valence-electron chi connectivity index (χ0n) is 11.9. The highest BCUT2D eigenvalue weighted by Crippen LogP contribution is 2.32. The van der Waals surface area contributed by atoms with Crippen molar-refractivity contribution in [1.82, 2.24) is 0 Å². The van der Waals surface area contributed by atoms with Crippen LogP contribution < -0.4 is 9.47 Å². The molecule has 1 aromatic carbocycles. The van der Waals surface area contributed by atoms with Crippen molar-refractivity contribution in [3.63, 3.8) is 0 Å². The van der Waals surface area contributed by atoms with Gasteiger partial charge in [-0.2, -0.15) is 0 Å². The van der Waals surface area contributed by atoms with Crippen LogP contribution in [-0.2, 0) is 9.53 Å². The molecule has 0 unspecified atom stereocenters. The summed E-state index contributed by atoms with van der Waals surface area (Å²) in [6, 6.07) is 3.69. The molecule has 0 bridgehead atoms. The fourth-order valence-electron chi connectivity index (χ4n) is 1.67. The van der Waals surface area contributed by atoms with Crippen LogP contribution in [0.3, 0.4) is 0 Å². The van der Waals surface area contributed by atoms with E-state index in [4.69, 9.17) is 14.2 Å². The molecule has 0 atom stereocenters. The highest BCUT2D eigenvalue weighted by molar-refractivity contribution is 5.73. The number of rotatable bonds is 6. The van der Waals surface area contributed by atoms with Gasteiger partial charge in [0, 0.05) is 5.56 Å². The molecule has 0 aliphatic rings. The Morgan fingerprint density at radius 2 is 2.00 bits per heavy atom. The maximum absolute atomic E-state index is 11.3. The summed E-state index contributed by atoms with van der Waals surface area (Å²) in [5.41, 5.74) is 2.61. The second-order valence-electron chi connectivity index (χ2n) is 4.19. The summed E-state index contributed by atoms with van der Waals surface area (Å²) in [6.07, 6.45) is 0. The molecule has 0 saturated heterocycles. The number of benzene rings is 1. The molecule has 0 aromatic heterocycles. The molecule has 0 spiro atoms. The zero-order chi connectivity index (χ0) is 14.4. The third-order valence-corrected chi connectivity index (χ3v) is 2.61. The SMILES string of the molecule is C=C(C)c1cc(OC)c(C)cc1OCC(=O)OCC. The van der Waals surface area contributed by atoms with Crippen LogP contribution in [0.2, 0.25) is 0 Å². The van der Waals surface area contributed by atoms with Crippen LogP contribution in [0.4, 0.5) is 0 Å². The molecule has 0 radical (unpaired) electrons. The van der Waals surface area contributed by atoms with E-state index in [1.54, 1.807) is 14.0 Å². The quantitative estimate of drug-likeness (QED) is 0.741. The van der Waals surface area contributed by atoms with Crippen LogP contribution in [0.1, 0.15) is 25.0 Å². The monoisotopic (exact) mass is 264 g/mol. The fourth-order valence-corrected chi connectivity index (χ4v) is 1.67. The topological polar surface area (TPSA) is 44.8 Å². The average Bonchev–Trinajstić information content (AvgIpc) is 2.36. The Bertz CT molecular complexity index is 477. The number of carbonyl (C=O) groups excluding carboxylic acids is 1. The molecule has 0 fully saturated rings. The molecule has 19 heavy (non-hydrogen) atoms. The van der Waals surface area contributed by atoms with E-state index in [0.29, 0.717) is 12.4 Å². The van der Waals surface area contributed by atoms with Crippen molar-refractivity contribution in [1.29, 1.82) is 0 Å². The number of carbonyl (C=O) groups is 1. The molecule has 104 valence electrons. The minimum Gasteiger partial charge on any atom is -0.496 e. The normalized spacial score (nSPS) is 9.89. The molecule has 0 aliphatic carbocycles. The van der Waals surface area contributed by atoms with E-state index in [-0.39, 0.29) is 12.6 Å². The van der Waals surface area contributed by atoms with Gasteiger partial charge in [0.05, 0.1) is 13.7 Å². The van der Waals surface area contributed by atoms with Crippen LogP contribution in [0, 0.1) is 6.92 Å². The summed E-state index contributed by atoms with van der Waals surface area (Å²) in [7, 11) is 1.61. The van der Waals surface area contributed by atoms with Crippen LogP contribution in [-0.4, -0.2) is 26.3 Å². The molecular weight excluding hydrogens is 244 g/mol. The Balaban J connectivity index is 2.95. The van der Waals surface area contributed by atoms with Gasteiger partial charge in [-0.15, -0.1) is 0 Å². The van der Waals surface area contributed by atoms with Crippen molar-refractivity contribution in [2.75, 3.05) is 20.3 Å². The number of methoxy groups -OCH3 is 1. The van der Waals surface area contributed by atoms with Crippen molar-refractivity contribution >= 4 is 11.5 Å². The molecule has 0 heterocycles. The van der Waals surface area contributed by atoms with Gasteiger partial charge in [-0.3, -0.25) is 0 Å². The van der Waals surface area contributed by atoms with Crippen molar-refractivity contribution in [3.05, 3.63) is 29.8 Å². The minimum absolute atomic E-state index is 0.111. The van der Waals surface area contributed by atoms with Gasteiger partial charge in [0.15, 0.2) is 6.61 Å². The van der Waals surface area contributed by atoms with Crippen molar-refractivity contribution in [3.8, 4) is 11.5 Å². The smallest absolute Gasteiger partial charge is 0.344 e. The number of allylic oxidation sites excluding steroid dienone is 1. The van der Waals surface area contributed by atoms with E-state index in [1.807, 2.05) is 26.0 Å². The Morgan fingerprint density at radius 1 is 1.32 bits per heavy atom. The lowest BCUT2D eigenvalue weighted by atomic mass is 10.0. The molecule has 4 nitrogen and oxygen atoms in total. The molecule has 1 rings (SSSR count). The Labute approximate surface area is 114 Å². The summed E-state index contributed by atoms with van der Waals surface area (Å²) in [4.78, 5) is 11.3. The van der Waals surface area contributed by atoms with Gasteiger partial charge in [-0.05, 0) is 44.0 Å². The number of esters is 1. The van der Waals surface area contributed by atoms with Gasteiger partial charge in [0.2, 0.25) is 0 Å². The van der Waals surface area contributed by atoms with E-state index in [0.717, 1.165) is 22.4 Å². The highest BCUT2D eigenvalue weighted by atomic mass is 16.6. The predicted molar refractivity (Wildman–Crippen MR) is 74.6 cm³/mol. The van der Waals surface area contributed by atoms with Gasteiger partial charge in [0.1, 0.15) is 11.5 Å². The van der Waals surface area contributed by atoms with Gasteiger partial charge < -0.3 is 14.2 Å². The predicted octanol–water partition coefficient (Wildman–Crippen LogP) is 2.98. The van der Waals surface area contributed by atoms with E-state index < -0.39 is 0 Å². The lowest BCUT2D eigenvalue weighted by molar-refractivity contribution is -0.145. The largest absolute Gasteiger partial charge is 0.496 e. The zero-order valence-corrected chi connectivity index (χ0v) is 11.9. The first-order valence-corrected chi connectivity index (χ1v) is 6.12. The van der Waals surface area contributed by atoms with Crippen LogP contribution in [0.15, 0.2) is 18.7 Å². The molecular formula is C15H20O4.